The Balaban J connectivity index is 3.04. The van der Waals surface area contributed by atoms with Gasteiger partial charge in [0.15, 0.2) is 0 Å². The van der Waals surface area contributed by atoms with Gasteiger partial charge < -0.3 is 5.73 Å². The van der Waals surface area contributed by atoms with Gasteiger partial charge in [0, 0.05) is 12.3 Å². The minimum Gasteiger partial charge on any atom is -0.397 e. The fourth-order valence-corrected chi connectivity index (χ4v) is 1.19. The fourth-order valence-electron chi connectivity index (χ4n) is 0.893. The molecule has 2 N–H and O–H groups in total. The normalized spacial score (nSPS) is 9.36. The molecule has 1 nitrogen and oxygen atoms in total. The molecule has 0 radical (unpaired) electrons. The first kappa shape index (κ1) is 11.2. The van der Waals surface area contributed by atoms with Crippen molar-refractivity contribution in [2.75, 3.05) is 11.6 Å². The Hall–Kier alpha value is -0.910. The molecule has 0 aromatic heterocycles. The summed E-state index contributed by atoms with van der Waals surface area (Å²) in [4.78, 5) is 0. The second-order valence-electron chi connectivity index (χ2n) is 2.59. The number of alkyl halides is 1. The molecule has 0 saturated carbocycles. The Labute approximate surface area is 92.0 Å². The van der Waals surface area contributed by atoms with Crippen LogP contribution in [0.2, 0.25) is 5.02 Å². The highest BCUT2D eigenvalue weighted by molar-refractivity contribution is 6.33. The summed E-state index contributed by atoms with van der Waals surface area (Å²) in [7, 11) is 0. The van der Waals surface area contributed by atoms with Gasteiger partial charge in [-0.25, -0.2) is 4.39 Å². The molecule has 74 valence electrons. The number of nitrogen functional groups attached to an aromatic ring is 1. The van der Waals surface area contributed by atoms with Crippen LogP contribution in [0.15, 0.2) is 12.1 Å². The number of benzene rings is 1. The minimum atomic E-state index is -0.445. The molecule has 4 heteroatoms. The van der Waals surface area contributed by atoms with Gasteiger partial charge in [0.1, 0.15) is 5.82 Å². The second-order valence-corrected chi connectivity index (χ2v) is 3.37. The zero-order valence-corrected chi connectivity index (χ0v) is 8.79. The monoisotopic (exact) mass is 231 g/mol. The summed E-state index contributed by atoms with van der Waals surface area (Å²) in [5.41, 5.74) is 6.30. The molecule has 0 aliphatic rings. The van der Waals surface area contributed by atoms with Crippen molar-refractivity contribution in [1.82, 2.24) is 0 Å². The highest BCUT2D eigenvalue weighted by Crippen LogP contribution is 2.23. The maximum atomic E-state index is 12.9. The number of nitrogens with two attached hydrogens (primary N) is 1. The van der Waals surface area contributed by atoms with Crippen LogP contribution in [0.5, 0.6) is 0 Å². The van der Waals surface area contributed by atoms with Crippen molar-refractivity contribution in [3.63, 3.8) is 0 Å². The molecular formula is C10H8Cl2FN. The predicted molar refractivity (Wildman–Crippen MR) is 58.0 cm³/mol. The molecular weight excluding hydrogens is 224 g/mol. The molecule has 0 fully saturated rings. The molecule has 0 atom stereocenters. The van der Waals surface area contributed by atoms with E-state index in [1.165, 1.54) is 6.07 Å². The predicted octanol–water partition coefficient (Wildman–Crippen LogP) is 3.04. The van der Waals surface area contributed by atoms with Crippen molar-refractivity contribution in [3.8, 4) is 11.8 Å². The van der Waals surface area contributed by atoms with E-state index in [1.54, 1.807) is 0 Å². The van der Waals surface area contributed by atoms with Gasteiger partial charge in [-0.2, -0.15) is 0 Å². The summed E-state index contributed by atoms with van der Waals surface area (Å²) in [6, 6.07) is 2.41. The molecule has 0 amide bonds. The lowest BCUT2D eigenvalue weighted by atomic mass is 10.2. The molecule has 0 unspecified atom stereocenters. The lowest BCUT2D eigenvalue weighted by Gasteiger charge is -2.00. The molecule has 14 heavy (non-hydrogen) atoms. The number of hydrogen-bond donors (Lipinski definition) is 1. The number of anilines is 1. The van der Waals surface area contributed by atoms with Crippen LogP contribution in [0.4, 0.5) is 10.1 Å². The smallest absolute Gasteiger partial charge is 0.126 e. The van der Waals surface area contributed by atoms with Crippen LogP contribution in [0, 0.1) is 17.7 Å². The quantitative estimate of drug-likeness (QED) is 0.449. The topological polar surface area (TPSA) is 26.0 Å². The van der Waals surface area contributed by atoms with Crippen LogP contribution in [0.1, 0.15) is 12.0 Å². The maximum Gasteiger partial charge on any atom is 0.126 e. The van der Waals surface area contributed by atoms with E-state index in [9.17, 15) is 4.39 Å². The van der Waals surface area contributed by atoms with E-state index in [4.69, 9.17) is 28.9 Å². The fraction of sp³-hybridized carbons (Fsp3) is 0.200. The summed E-state index contributed by atoms with van der Waals surface area (Å²) in [5.74, 6) is 5.47. The average molecular weight is 232 g/mol. The molecule has 0 aliphatic carbocycles. The summed E-state index contributed by atoms with van der Waals surface area (Å²) in [6.07, 6.45) is 0.537. The number of halogens is 3. The maximum absolute atomic E-state index is 12.9. The van der Waals surface area contributed by atoms with Crippen molar-refractivity contribution >= 4 is 28.9 Å². The first-order valence-electron chi connectivity index (χ1n) is 3.94. The molecule has 0 spiro atoms. The SMILES string of the molecule is Nc1c(Cl)cc(F)cc1C#CCCCl. The van der Waals surface area contributed by atoms with Gasteiger partial charge in [-0.05, 0) is 12.1 Å². The van der Waals surface area contributed by atoms with Crippen LogP contribution in [-0.2, 0) is 0 Å². The largest absolute Gasteiger partial charge is 0.397 e. The Kier molecular flexibility index (Phi) is 4.06. The van der Waals surface area contributed by atoms with Gasteiger partial charge in [-0.3, -0.25) is 0 Å². The highest BCUT2D eigenvalue weighted by Gasteiger charge is 2.03. The minimum absolute atomic E-state index is 0.181. The highest BCUT2D eigenvalue weighted by atomic mass is 35.5. The Morgan fingerprint density at radius 1 is 1.43 bits per heavy atom. The third-order valence-electron chi connectivity index (χ3n) is 1.54. The standard InChI is InChI=1S/C10H8Cl2FN/c11-4-2-1-3-7-5-8(13)6-9(12)10(7)14/h5-6H,2,4,14H2. The molecule has 0 aliphatic heterocycles. The van der Waals surface area contributed by atoms with E-state index >= 15 is 0 Å². The summed E-state index contributed by atoms with van der Waals surface area (Å²) in [5, 5.41) is 0.181. The van der Waals surface area contributed by atoms with E-state index in [2.05, 4.69) is 11.8 Å². The Bertz CT molecular complexity index is 393. The van der Waals surface area contributed by atoms with Crippen molar-refractivity contribution < 1.29 is 4.39 Å². The first-order chi connectivity index (χ1) is 6.65. The van der Waals surface area contributed by atoms with Gasteiger partial charge in [0.25, 0.3) is 0 Å². The van der Waals surface area contributed by atoms with Crippen LogP contribution in [-0.4, -0.2) is 5.88 Å². The van der Waals surface area contributed by atoms with Gasteiger partial charge in [-0.1, -0.05) is 23.4 Å². The summed E-state index contributed by atoms with van der Waals surface area (Å²) < 4.78 is 12.9. The first-order valence-corrected chi connectivity index (χ1v) is 4.85. The number of hydrogen-bond acceptors (Lipinski definition) is 1. The molecule has 0 bridgehead atoms. The van der Waals surface area contributed by atoms with Crippen LogP contribution >= 0.6 is 23.2 Å². The molecule has 0 heterocycles. The lowest BCUT2D eigenvalue weighted by Crippen LogP contribution is -1.93. The number of rotatable bonds is 1. The molecule has 1 rings (SSSR count). The average Bonchev–Trinajstić information content (AvgIpc) is 2.13. The molecule has 0 saturated heterocycles. The summed E-state index contributed by atoms with van der Waals surface area (Å²) in [6.45, 7) is 0. The Morgan fingerprint density at radius 2 is 2.14 bits per heavy atom. The van der Waals surface area contributed by atoms with E-state index < -0.39 is 5.82 Å². The van der Waals surface area contributed by atoms with Gasteiger partial charge in [0.05, 0.1) is 16.3 Å². The second kappa shape index (κ2) is 5.09. The third-order valence-corrected chi connectivity index (χ3v) is 2.04. The van der Waals surface area contributed by atoms with Crippen molar-refractivity contribution in [2.24, 2.45) is 0 Å². The van der Waals surface area contributed by atoms with Crippen LogP contribution < -0.4 is 5.73 Å². The zero-order chi connectivity index (χ0) is 10.6. The molecule has 1 aromatic rings. The van der Waals surface area contributed by atoms with Gasteiger partial charge >= 0.3 is 0 Å². The van der Waals surface area contributed by atoms with Gasteiger partial charge in [-0.15, -0.1) is 11.6 Å². The van der Waals surface area contributed by atoms with Crippen molar-refractivity contribution in [1.29, 1.82) is 0 Å². The summed E-state index contributed by atoms with van der Waals surface area (Å²) >= 11 is 11.1. The molecule has 1 aromatic carbocycles. The van der Waals surface area contributed by atoms with Crippen LogP contribution in [0.25, 0.3) is 0 Å². The van der Waals surface area contributed by atoms with Crippen molar-refractivity contribution in [2.45, 2.75) is 6.42 Å². The van der Waals surface area contributed by atoms with Crippen molar-refractivity contribution in [3.05, 3.63) is 28.5 Å². The van der Waals surface area contributed by atoms with Crippen LogP contribution in [0.3, 0.4) is 0 Å². The van der Waals surface area contributed by atoms with E-state index in [0.717, 1.165) is 6.07 Å². The van der Waals surface area contributed by atoms with E-state index in [-0.39, 0.29) is 5.02 Å². The van der Waals surface area contributed by atoms with E-state index in [0.29, 0.717) is 23.6 Å². The Morgan fingerprint density at radius 3 is 2.79 bits per heavy atom. The lowest BCUT2D eigenvalue weighted by molar-refractivity contribution is 0.628. The zero-order valence-electron chi connectivity index (χ0n) is 7.28. The third kappa shape index (κ3) is 2.80. The van der Waals surface area contributed by atoms with Gasteiger partial charge in [0.2, 0.25) is 0 Å². The van der Waals surface area contributed by atoms with E-state index in [1.807, 2.05) is 0 Å².